The molecular weight excluding hydrogens is 1240 g/mol. The van der Waals surface area contributed by atoms with Gasteiger partial charge < -0.3 is 71.1 Å². The Labute approximate surface area is 557 Å². The van der Waals surface area contributed by atoms with Crippen LogP contribution in [0.3, 0.4) is 0 Å². The van der Waals surface area contributed by atoms with Crippen molar-refractivity contribution in [3.05, 3.63) is 236 Å². The van der Waals surface area contributed by atoms with Gasteiger partial charge in [-0.25, -0.2) is 14.4 Å². The van der Waals surface area contributed by atoms with Crippen molar-refractivity contribution in [3.63, 3.8) is 0 Å². The average molecular weight is 1320 g/mol. The highest BCUT2D eigenvalue weighted by Gasteiger charge is 2.59. The zero-order valence-electron chi connectivity index (χ0n) is 54.3. The van der Waals surface area contributed by atoms with Crippen LogP contribution in [0.2, 0.25) is 0 Å². The van der Waals surface area contributed by atoms with E-state index in [0.29, 0.717) is 6.42 Å². The minimum absolute atomic E-state index is 0.0143. The smallest absolute Gasteiger partial charge is 0.338 e. The lowest BCUT2D eigenvalue weighted by molar-refractivity contribution is -0.371. The van der Waals surface area contributed by atoms with Gasteiger partial charge in [-0.15, -0.1) is 0 Å². The molecular formula is C72H82N6O18. The maximum absolute atomic E-state index is 14.7. The Morgan fingerprint density at radius 2 is 0.760 bits per heavy atom. The Kier molecular flexibility index (Phi) is 25.9. The molecule has 0 aliphatic carbocycles. The summed E-state index contributed by atoms with van der Waals surface area (Å²) in [6, 6.07) is 53.0. The maximum atomic E-state index is 14.7. The van der Waals surface area contributed by atoms with E-state index < -0.39 is 140 Å². The topological polar surface area (TPSA) is 287 Å². The molecule has 0 aromatic heterocycles. The monoisotopic (exact) mass is 1320 g/mol. The number of hydrogen-bond donors (Lipinski definition) is 0. The normalized spacial score (nSPS) is 30.4. The van der Waals surface area contributed by atoms with E-state index in [-0.39, 0.29) is 45.0 Å². The predicted molar refractivity (Wildman–Crippen MR) is 345 cm³/mol. The van der Waals surface area contributed by atoms with Gasteiger partial charge in [0.15, 0.2) is 37.2 Å². The highest BCUT2D eigenvalue weighted by atomic mass is 16.8. The van der Waals surface area contributed by atoms with Crippen molar-refractivity contribution in [1.82, 2.24) is 0 Å². The van der Waals surface area contributed by atoms with E-state index in [1.807, 2.05) is 166 Å². The van der Waals surface area contributed by atoms with Crippen molar-refractivity contribution in [3.8, 4) is 0 Å². The lowest BCUT2D eigenvalue weighted by Crippen LogP contribution is -2.67. The highest BCUT2D eigenvalue weighted by molar-refractivity contribution is 5.89. The summed E-state index contributed by atoms with van der Waals surface area (Å²) in [4.78, 5) is 49.2. The molecule has 0 amide bonds. The molecule has 0 spiro atoms. The molecule has 0 bridgehead atoms. The summed E-state index contributed by atoms with van der Waals surface area (Å²) in [5.41, 5.74) is 25.1. The quantitative estimate of drug-likeness (QED) is 0.0139. The van der Waals surface area contributed by atoms with Gasteiger partial charge in [0.1, 0.15) is 48.8 Å². The number of carbonyl (C=O) groups is 3. The number of hydrogen-bond acceptors (Lipinski definition) is 20. The van der Waals surface area contributed by atoms with Crippen LogP contribution in [0.4, 0.5) is 0 Å². The van der Waals surface area contributed by atoms with E-state index in [4.69, 9.17) is 71.1 Å². The number of benzene rings is 6. The fraction of sp³-hybridized carbons (Fsp3) is 0.458. The Bertz CT molecular complexity index is 3470. The molecule has 24 nitrogen and oxygen atoms in total. The zero-order chi connectivity index (χ0) is 67.3. The van der Waals surface area contributed by atoms with Crippen LogP contribution in [0.1, 0.15) is 78.7 Å². The molecule has 0 saturated carbocycles. The average Bonchev–Trinajstić information content (AvgIpc) is 0.770. The van der Waals surface area contributed by atoms with Crippen LogP contribution in [-0.4, -0.2) is 149 Å². The van der Waals surface area contributed by atoms with Gasteiger partial charge in [0.05, 0.1) is 83.3 Å². The largest absolute Gasteiger partial charge is 0.467 e. The summed E-state index contributed by atoms with van der Waals surface area (Å²) in [6.07, 6.45) is -20.2. The van der Waals surface area contributed by atoms with E-state index in [9.17, 15) is 25.4 Å². The molecule has 24 heteroatoms. The van der Waals surface area contributed by atoms with Gasteiger partial charge in [-0.2, -0.15) is 0 Å². The van der Waals surface area contributed by atoms with Gasteiger partial charge in [0.25, 0.3) is 0 Å². The Morgan fingerprint density at radius 1 is 0.406 bits per heavy atom. The predicted octanol–water partition coefficient (Wildman–Crippen LogP) is 11.4. The molecule has 20 atom stereocenters. The summed E-state index contributed by atoms with van der Waals surface area (Å²) in [7, 11) is 2.41. The Balaban J connectivity index is 1.00. The van der Waals surface area contributed by atoms with Crippen molar-refractivity contribution in [2.24, 2.45) is 16.1 Å². The summed E-state index contributed by atoms with van der Waals surface area (Å²) in [6.45, 7) is 7.38. The fourth-order valence-electron chi connectivity index (χ4n) is 12.5. The molecule has 0 N–H and O–H groups in total. The zero-order valence-corrected chi connectivity index (χ0v) is 54.3. The standard InChI is InChI=1S/C72H82N6O18/c1-7-52-56(44(3)54(75-77-73)70(90-52)94-62-60(86-41-48-31-19-11-20-32-48)57(45(4)89-64(62)68(80)82-5)92-67(79)51-37-25-14-26-38-51)93-72-66(88-43-50-35-23-13-24-36-50)61(87-42-49-33-21-12-22-34-49)63(65(96-72)69(81)83-6)95-71-55(76-78-74)59(85-40-47-29-17-10-18-30-47)58(53(8-2)91-71)84-39-46-27-15-9-16-28-46/h9-38,44-45,52-66,70-72H,7-8,39-43H2,1-6H3/t44-,45-,52?,53?,54?,55?,56+,57?,58-,59+,60+,61-,62-,63+,64?,65?,66?,70+,71-,72-/m1/s1. The third-order valence-corrected chi connectivity index (χ3v) is 17.5. The second-order valence-corrected chi connectivity index (χ2v) is 23.7. The second-order valence-electron chi connectivity index (χ2n) is 23.7. The van der Waals surface area contributed by atoms with Gasteiger partial charge in [0.2, 0.25) is 0 Å². The lowest BCUT2D eigenvalue weighted by Gasteiger charge is -2.51. The van der Waals surface area contributed by atoms with Crippen molar-refractivity contribution < 1.29 is 85.4 Å². The van der Waals surface area contributed by atoms with E-state index >= 15 is 0 Å². The molecule has 508 valence electrons. The first-order valence-electron chi connectivity index (χ1n) is 32.3. The Hall–Kier alpha value is -8.13. The molecule has 4 heterocycles. The minimum atomic E-state index is -1.67. The first kappa shape index (κ1) is 70.7. The number of carbonyl (C=O) groups excluding carboxylic acids is 3. The van der Waals surface area contributed by atoms with Gasteiger partial charge >= 0.3 is 17.9 Å². The van der Waals surface area contributed by atoms with Crippen LogP contribution in [0.25, 0.3) is 20.9 Å². The molecule has 96 heavy (non-hydrogen) atoms. The van der Waals surface area contributed by atoms with Gasteiger partial charge in [-0.05, 0) is 76.7 Å². The first-order chi connectivity index (χ1) is 46.9. The first-order valence-corrected chi connectivity index (χ1v) is 32.3. The summed E-state index contributed by atoms with van der Waals surface area (Å²) in [5.74, 6) is -3.23. The lowest BCUT2D eigenvalue weighted by atomic mass is 9.87. The summed E-state index contributed by atoms with van der Waals surface area (Å²) >= 11 is 0. The molecule has 6 aromatic carbocycles. The number of nitrogens with zero attached hydrogens (tertiary/aromatic N) is 6. The number of esters is 3. The SMILES string of the molecule is CCC1O[C@@H](O[C@H]2C(C(=O)OC)O[C@H](C)C(OC(=O)c3ccccc3)[C@@H]2OCc2ccccc2)C(N=[N+]=[N-])[C@@H](C)[C@@H]1O[C@@H]1OC(C(=O)OC)[C@@H](O[C@H]2OC(CC)[C@@H](OCc3ccccc3)[C@@H](OCc3ccccc3)C2N=[N+]=[N-])[C@@H](OCc2ccccc2)C1OCc1ccccc1. The van der Waals surface area contributed by atoms with Crippen LogP contribution in [0, 0.1) is 5.92 Å². The summed E-state index contributed by atoms with van der Waals surface area (Å²) < 4.78 is 99.5. The van der Waals surface area contributed by atoms with Crippen molar-refractivity contribution in [2.45, 2.75) is 190 Å². The van der Waals surface area contributed by atoms with Crippen molar-refractivity contribution in [1.29, 1.82) is 0 Å². The van der Waals surface area contributed by atoms with E-state index in [1.54, 1.807) is 44.2 Å². The van der Waals surface area contributed by atoms with Gasteiger partial charge in [-0.3, -0.25) is 0 Å². The molecule has 0 radical (unpaired) electrons. The van der Waals surface area contributed by atoms with Crippen LogP contribution in [0.5, 0.6) is 0 Å². The van der Waals surface area contributed by atoms with E-state index in [2.05, 4.69) is 20.1 Å². The molecule has 10 rings (SSSR count). The van der Waals surface area contributed by atoms with Crippen molar-refractivity contribution >= 4 is 17.9 Å². The third kappa shape index (κ3) is 17.7. The van der Waals surface area contributed by atoms with Crippen LogP contribution in [0.15, 0.2) is 192 Å². The molecule has 4 aliphatic heterocycles. The third-order valence-electron chi connectivity index (χ3n) is 17.5. The molecule has 8 unspecified atom stereocenters. The van der Waals surface area contributed by atoms with E-state index in [1.165, 1.54) is 14.2 Å². The highest BCUT2D eigenvalue weighted by Crippen LogP contribution is 2.42. The second kappa shape index (κ2) is 35.2. The van der Waals surface area contributed by atoms with Crippen molar-refractivity contribution in [2.75, 3.05) is 14.2 Å². The minimum Gasteiger partial charge on any atom is -0.467 e. The maximum Gasteiger partial charge on any atom is 0.338 e. The van der Waals surface area contributed by atoms with Gasteiger partial charge in [-0.1, -0.05) is 201 Å². The van der Waals surface area contributed by atoms with E-state index in [0.717, 1.165) is 27.8 Å². The molecule has 4 saturated heterocycles. The molecule has 4 fully saturated rings. The van der Waals surface area contributed by atoms with Gasteiger partial charge in [0, 0.05) is 9.82 Å². The number of azide groups is 2. The van der Waals surface area contributed by atoms with Crippen LogP contribution >= 0.6 is 0 Å². The fourth-order valence-corrected chi connectivity index (χ4v) is 12.5. The molecule has 6 aromatic rings. The molecule has 4 aliphatic rings. The number of methoxy groups -OCH3 is 2. The number of rotatable bonds is 29. The van der Waals surface area contributed by atoms with Crippen LogP contribution in [-0.2, 0) is 114 Å². The summed E-state index contributed by atoms with van der Waals surface area (Å²) in [5, 5.41) is 8.59. The number of ether oxygens (including phenoxy) is 15. The Morgan fingerprint density at radius 3 is 1.19 bits per heavy atom. The van der Waals surface area contributed by atoms with Crippen LogP contribution < -0.4 is 0 Å².